The van der Waals surface area contributed by atoms with Crippen LogP contribution < -0.4 is 26.2 Å². The van der Waals surface area contributed by atoms with Gasteiger partial charge in [0.15, 0.2) is 0 Å². The second-order valence-corrected chi connectivity index (χ2v) is 15.3. The lowest BCUT2D eigenvalue weighted by molar-refractivity contribution is 1.24. The number of hydrogen-bond donors (Lipinski definition) is 0. The number of anilines is 6. The molecule has 2 heterocycles. The highest BCUT2D eigenvalue weighted by molar-refractivity contribution is 7.00. The Balaban J connectivity index is 1.31. The second-order valence-electron chi connectivity index (χ2n) is 15.3. The van der Waals surface area contributed by atoms with Gasteiger partial charge in [0.2, 0.25) is 0 Å². The fourth-order valence-corrected chi connectivity index (χ4v) is 9.79. The number of rotatable bonds is 2. The third-order valence-electron chi connectivity index (χ3n) is 11.7. The van der Waals surface area contributed by atoms with Crippen LogP contribution in [0.15, 0.2) is 152 Å². The Hall–Kier alpha value is -6.32. The number of hydrogen-bond acceptors (Lipinski definition) is 2. The van der Waals surface area contributed by atoms with Gasteiger partial charge in [0.05, 0.1) is 0 Å². The van der Waals surface area contributed by atoms with Gasteiger partial charge in [0.1, 0.15) is 0 Å². The lowest BCUT2D eigenvalue weighted by atomic mass is 9.33. The van der Waals surface area contributed by atoms with Crippen molar-refractivity contribution in [1.82, 2.24) is 0 Å². The van der Waals surface area contributed by atoms with Crippen LogP contribution >= 0.6 is 0 Å². The zero-order chi connectivity index (χ0) is 35.5. The van der Waals surface area contributed by atoms with Crippen molar-refractivity contribution in [3.63, 3.8) is 0 Å². The molecule has 0 N–H and O–H groups in total. The maximum absolute atomic E-state index is 2.57. The zero-order valence-electron chi connectivity index (χ0n) is 30.4. The molecular formula is C50H37BN2. The predicted octanol–water partition coefficient (Wildman–Crippen LogP) is 11.6. The molecule has 250 valence electrons. The van der Waals surface area contributed by atoms with E-state index < -0.39 is 0 Å². The normalized spacial score (nSPS) is 13.2. The van der Waals surface area contributed by atoms with Gasteiger partial charge in [-0.3, -0.25) is 0 Å². The maximum Gasteiger partial charge on any atom is 0.252 e. The average molecular weight is 677 g/mol. The van der Waals surface area contributed by atoms with Crippen LogP contribution in [0.2, 0.25) is 0 Å². The second kappa shape index (κ2) is 11.1. The molecule has 9 aromatic rings. The summed E-state index contributed by atoms with van der Waals surface area (Å²) < 4.78 is 0. The molecule has 0 aromatic heterocycles. The largest absolute Gasteiger partial charge is 0.311 e. The highest BCUT2D eigenvalue weighted by atomic mass is 15.2. The van der Waals surface area contributed by atoms with E-state index in [0.29, 0.717) is 0 Å². The van der Waals surface area contributed by atoms with Gasteiger partial charge in [-0.1, -0.05) is 115 Å². The molecule has 2 aliphatic rings. The highest BCUT2D eigenvalue weighted by Crippen LogP contribution is 2.48. The van der Waals surface area contributed by atoms with E-state index in [4.69, 9.17) is 0 Å². The van der Waals surface area contributed by atoms with Gasteiger partial charge in [-0.15, -0.1) is 0 Å². The molecule has 0 amide bonds. The average Bonchev–Trinajstić information content (AvgIpc) is 3.16. The summed E-state index contributed by atoms with van der Waals surface area (Å²) in [5.41, 5.74) is 16.5. The van der Waals surface area contributed by atoms with E-state index in [1.54, 1.807) is 0 Å². The minimum atomic E-state index is 0.0438. The summed E-state index contributed by atoms with van der Waals surface area (Å²) in [5.74, 6) is 0. The minimum absolute atomic E-state index is 0.0438. The smallest absolute Gasteiger partial charge is 0.252 e. The molecule has 11 rings (SSSR count). The quantitative estimate of drug-likeness (QED) is 0.133. The molecule has 0 unspecified atom stereocenters. The summed E-state index contributed by atoms with van der Waals surface area (Å²) >= 11 is 0. The lowest BCUT2D eigenvalue weighted by Crippen LogP contribution is -2.61. The first-order valence-electron chi connectivity index (χ1n) is 18.7. The molecule has 0 radical (unpaired) electrons. The summed E-state index contributed by atoms with van der Waals surface area (Å²) in [4.78, 5) is 5.14. The summed E-state index contributed by atoms with van der Waals surface area (Å²) in [5, 5.41) is 10.2. The van der Waals surface area contributed by atoms with Gasteiger partial charge >= 0.3 is 0 Å². The van der Waals surface area contributed by atoms with Gasteiger partial charge in [0, 0.05) is 44.9 Å². The SMILES string of the molecule is Cc1cc(C)cc(N2c3cccc4c3B(c3ccc5c(ccc6ccccc65)c32)c2ccc3c(ccc5ccccc53)c2N4c2cc(C)cc(C)c2)c1. The number of aryl methyl sites for hydroxylation is 4. The van der Waals surface area contributed by atoms with Crippen LogP contribution in [0.4, 0.5) is 34.1 Å². The Kier molecular flexibility index (Phi) is 6.35. The zero-order valence-corrected chi connectivity index (χ0v) is 30.4. The molecule has 0 aliphatic carbocycles. The Bertz CT molecular complexity index is 2790. The first-order chi connectivity index (χ1) is 25.9. The summed E-state index contributed by atoms with van der Waals surface area (Å²) in [6.07, 6.45) is 0. The van der Waals surface area contributed by atoms with Gasteiger partial charge in [-0.25, -0.2) is 0 Å². The van der Waals surface area contributed by atoms with Crippen molar-refractivity contribution < 1.29 is 0 Å². The van der Waals surface area contributed by atoms with E-state index in [9.17, 15) is 0 Å². The van der Waals surface area contributed by atoms with Gasteiger partial charge in [0.25, 0.3) is 6.71 Å². The van der Waals surface area contributed by atoms with Gasteiger partial charge < -0.3 is 9.80 Å². The van der Waals surface area contributed by atoms with Crippen molar-refractivity contribution in [1.29, 1.82) is 0 Å². The summed E-state index contributed by atoms with van der Waals surface area (Å²) in [6.45, 7) is 8.91. The molecule has 0 atom stereocenters. The molecule has 0 spiro atoms. The molecule has 0 saturated carbocycles. The summed E-state index contributed by atoms with van der Waals surface area (Å²) in [6, 6.07) is 57.5. The van der Waals surface area contributed by atoms with Crippen LogP contribution in [0.3, 0.4) is 0 Å². The van der Waals surface area contributed by atoms with Crippen molar-refractivity contribution in [2.45, 2.75) is 27.7 Å². The first-order valence-corrected chi connectivity index (χ1v) is 18.7. The highest BCUT2D eigenvalue weighted by Gasteiger charge is 2.44. The van der Waals surface area contributed by atoms with Crippen molar-refractivity contribution in [2.24, 2.45) is 0 Å². The molecule has 2 aliphatic heterocycles. The number of benzene rings is 9. The fraction of sp³-hybridized carbons (Fsp3) is 0.0800. The topological polar surface area (TPSA) is 6.48 Å². The van der Waals surface area contributed by atoms with E-state index in [0.717, 1.165) is 0 Å². The molecule has 0 saturated heterocycles. The van der Waals surface area contributed by atoms with Gasteiger partial charge in [-0.05, 0) is 135 Å². The van der Waals surface area contributed by atoms with E-state index in [-0.39, 0.29) is 6.71 Å². The van der Waals surface area contributed by atoms with Crippen molar-refractivity contribution >= 4 is 100 Å². The molecular weight excluding hydrogens is 639 g/mol. The fourth-order valence-electron chi connectivity index (χ4n) is 9.79. The molecule has 9 aromatic carbocycles. The Morgan fingerprint density at radius 3 is 1.23 bits per heavy atom. The Morgan fingerprint density at radius 1 is 0.358 bits per heavy atom. The molecule has 53 heavy (non-hydrogen) atoms. The van der Waals surface area contributed by atoms with E-state index >= 15 is 0 Å². The van der Waals surface area contributed by atoms with E-state index in [2.05, 4.69) is 189 Å². The van der Waals surface area contributed by atoms with Crippen molar-refractivity contribution in [3.8, 4) is 0 Å². The van der Waals surface area contributed by atoms with Crippen LogP contribution in [0, 0.1) is 27.7 Å². The van der Waals surface area contributed by atoms with E-state index in [1.807, 2.05) is 0 Å². The predicted molar refractivity (Wildman–Crippen MR) is 229 cm³/mol. The third-order valence-corrected chi connectivity index (χ3v) is 11.7. The molecule has 0 fully saturated rings. The minimum Gasteiger partial charge on any atom is -0.311 e. The van der Waals surface area contributed by atoms with E-state index in [1.165, 1.54) is 116 Å². The third kappa shape index (κ3) is 4.34. The monoisotopic (exact) mass is 676 g/mol. The maximum atomic E-state index is 2.57. The van der Waals surface area contributed by atoms with Crippen LogP contribution in [0.1, 0.15) is 22.3 Å². The van der Waals surface area contributed by atoms with Crippen LogP contribution in [-0.2, 0) is 0 Å². The lowest BCUT2D eigenvalue weighted by Gasteiger charge is -2.45. The van der Waals surface area contributed by atoms with Crippen LogP contribution in [0.5, 0.6) is 0 Å². The first kappa shape index (κ1) is 30.3. The van der Waals surface area contributed by atoms with Crippen LogP contribution in [0.25, 0.3) is 43.1 Å². The Labute approximate surface area is 310 Å². The molecule has 3 heteroatoms. The standard InChI is InChI=1S/C50H37BN2/c1-30-24-31(2)27-36(26-30)52-46-14-9-15-47-48(46)51(44-22-20-40-38-12-7-5-10-34(38)16-18-42(40)49(44)52)45-23-21-41-39-13-8-6-11-35(39)17-19-43(41)50(45)53(47)37-28-32(3)25-33(4)29-37/h5-29H,1-4H3. The van der Waals surface area contributed by atoms with Crippen LogP contribution in [-0.4, -0.2) is 6.71 Å². The van der Waals surface area contributed by atoms with Gasteiger partial charge in [-0.2, -0.15) is 0 Å². The molecule has 2 nitrogen and oxygen atoms in total. The number of nitrogens with zero attached hydrogens (tertiary/aromatic N) is 2. The summed E-state index contributed by atoms with van der Waals surface area (Å²) in [7, 11) is 0. The van der Waals surface area contributed by atoms with Crippen molar-refractivity contribution in [3.05, 3.63) is 174 Å². The van der Waals surface area contributed by atoms with Crippen molar-refractivity contribution in [2.75, 3.05) is 9.80 Å². The molecule has 0 bridgehead atoms. The number of fused-ring (bicyclic) bond motifs is 12. The Morgan fingerprint density at radius 2 is 0.774 bits per heavy atom.